The quantitative estimate of drug-likeness (QED) is 0.254. The first-order valence-corrected chi connectivity index (χ1v) is 12.9. The smallest absolute Gasteiger partial charge is 0.416 e. The summed E-state index contributed by atoms with van der Waals surface area (Å²) in [6.45, 7) is 6.67. The lowest BCUT2D eigenvalue weighted by atomic mass is 9.94. The molecule has 1 amide bonds. The largest absolute Gasteiger partial charge is 0.494 e. The molecule has 1 unspecified atom stereocenters. The molecule has 0 saturated heterocycles. The van der Waals surface area contributed by atoms with Crippen LogP contribution in [0.1, 0.15) is 58.8 Å². The average Bonchev–Trinajstić information content (AvgIpc) is 2.87. The standard InChI is InChI=1S/C31H34F3NO4/c1-20(4-5-23-6-8-25(9-7-23)30(38)35-16-14-28(36)37)15-17-39-27-18-21(2)29(22(3)19-27)24-10-12-26(13-11-24)31(32,33)34/h6-13,18-20H,4-5,14-17H2,1-3H3,(H,35,38)(H,36,37). The van der Waals surface area contributed by atoms with Crippen LogP contribution in [0.25, 0.3) is 11.1 Å². The van der Waals surface area contributed by atoms with E-state index in [1.807, 2.05) is 38.1 Å². The van der Waals surface area contributed by atoms with Gasteiger partial charge in [-0.3, -0.25) is 9.59 Å². The molecule has 2 N–H and O–H groups in total. The molecule has 39 heavy (non-hydrogen) atoms. The number of carboxylic acids is 1. The van der Waals surface area contributed by atoms with Gasteiger partial charge >= 0.3 is 12.1 Å². The van der Waals surface area contributed by atoms with Crippen LogP contribution in [-0.2, 0) is 17.4 Å². The Kier molecular flexibility index (Phi) is 10.2. The molecule has 0 fully saturated rings. The number of rotatable bonds is 12. The van der Waals surface area contributed by atoms with Crippen LogP contribution in [-0.4, -0.2) is 30.1 Å². The van der Waals surface area contributed by atoms with Crippen molar-refractivity contribution in [3.05, 3.63) is 88.5 Å². The van der Waals surface area contributed by atoms with Crippen LogP contribution in [0.5, 0.6) is 5.75 Å². The summed E-state index contributed by atoms with van der Waals surface area (Å²) in [5, 5.41) is 11.3. The molecule has 5 nitrogen and oxygen atoms in total. The van der Waals surface area contributed by atoms with Crippen molar-refractivity contribution in [2.45, 2.75) is 52.6 Å². The van der Waals surface area contributed by atoms with E-state index in [2.05, 4.69) is 12.2 Å². The zero-order chi connectivity index (χ0) is 28.6. The second-order valence-corrected chi connectivity index (χ2v) is 9.88. The Bertz CT molecular complexity index is 1250. The predicted molar refractivity (Wildman–Crippen MR) is 145 cm³/mol. The SMILES string of the molecule is Cc1cc(OCCC(C)CCc2ccc(C(=O)NCCC(=O)O)cc2)cc(C)c1-c1ccc(C(F)(F)F)cc1. The van der Waals surface area contributed by atoms with E-state index in [1.54, 1.807) is 12.1 Å². The van der Waals surface area contributed by atoms with Gasteiger partial charge in [-0.1, -0.05) is 31.2 Å². The average molecular weight is 542 g/mol. The lowest BCUT2D eigenvalue weighted by Gasteiger charge is -2.16. The third-order valence-electron chi connectivity index (χ3n) is 6.65. The molecule has 0 aromatic heterocycles. The van der Waals surface area contributed by atoms with Gasteiger partial charge in [-0.05, 0) is 103 Å². The molecule has 0 spiro atoms. The molecule has 0 heterocycles. The highest BCUT2D eigenvalue weighted by molar-refractivity contribution is 5.94. The molecule has 208 valence electrons. The van der Waals surface area contributed by atoms with Crippen molar-refractivity contribution >= 4 is 11.9 Å². The van der Waals surface area contributed by atoms with Crippen molar-refractivity contribution in [3.63, 3.8) is 0 Å². The number of alkyl halides is 3. The van der Waals surface area contributed by atoms with E-state index in [0.717, 1.165) is 65.0 Å². The second-order valence-electron chi connectivity index (χ2n) is 9.88. The van der Waals surface area contributed by atoms with Gasteiger partial charge in [-0.25, -0.2) is 0 Å². The van der Waals surface area contributed by atoms with Crippen LogP contribution in [0.4, 0.5) is 13.2 Å². The third kappa shape index (κ3) is 8.87. The number of hydrogen-bond donors (Lipinski definition) is 2. The Morgan fingerprint density at radius 3 is 2.13 bits per heavy atom. The zero-order valence-electron chi connectivity index (χ0n) is 22.4. The summed E-state index contributed by atoms with van der Waals surface area (Å²) in [6.07, 6.45) is -1.78. The van der Waals surface area contributed by atoms with Gasteiger partial charge < -0.3 is 15.2 Å². The minimum Gasteiger partial charge on any atom is -0.494 e. The normalized spacial score (nSPS) is 12.2. The summed E-state index contributed by atoms with van der Waals surface area (Å²) in [7, 11) is 0. The molecule has 3 rings (SSSR count). The fourth-order valence-corrected chi connectivity index (χ4v) is 4.43. The van der Waals surface area contributed by atoms with Gasteiger partial charge in [-0.15, -0.1) is 0 Å². The van der Waals surface area contributed by atoms with E-state index in [1.165, 1.54) is 12.1 Å². The number of aliphatic carboxylic acids is 1. The van der Waals surface area contributed by atoms with Crippen molar-refractivity contribution in [1.82, 2.24) is 5.32 Å². The molecule has 1 atom stereocenters. The Morgan fingerprint density at radius 2 is 1.56 bits per heavy atom. The summed E-state index contributed by atoms with van der Waals surface area (Å²) >= 11 is 0. The fourth-order valence-electron chi connectivity index (χ4n) is 4.43. The lowest BCUT2D eigenvalue weighted by molar-refractivity contribution is -0.138. The van der Waals surface area contributed by atoms with E-state index in [0.29, 0.717) is 18.1 Å². The molecule has 0 aliphatic heterocycles. The van der Waals surface area contributed by atoms with E-state index in [9.17, 15) is 22.8 Å². The van der Waals surface area contributed by atoms with Crippen LogP contribution < -0.4 is 10.1 Å². The Balaban J connectivity index is 1.46. The van der Waals surface area contributed by atoms with Crippen molar-refractivity contribution in [2.24, 2.45) is 5.92 Å². The number of aryl methyl sites for hydroxylation is 3. The first-order chi connectivity index (χ1) is 18.4. The lowest BCUT2D eigenvalue weighted by Crippen LogP contribution is -2.25. The number of carboxylic acid groups (broad SMARTS) is 1. The summed E-state index contributed by atoms with van der Waals surface area (Å²) in [6, 6.07) is 16.4. The number of nitrogens with one attached hydrogen (secondary N) is 1. The highest BCUT2D eigenvalue weighted by Gasteiger charge is 2.30. The Morgan fingerprint density at radius 1 is 0.949 bits per heavy atom. The number of carbonyl (C=O) groups excluding carboxylic acids is 1. The number of benzene rings is 3. The van der Waals surface area contributed by atoms with Crippen LogP contribution in [0, 0.1) is 19.8 Å². The van der Waals surface area contributed by atoms with Crippen LogP contribution in [0.15, 0.2) is 60.7 Å². The molecular weight excluding hydrogens is 507 g/mol. The molecule has 0 aliphatic rings. The van der Waals surface area contributed by atoms with E-state index in [-0.39, 0.29) is 18.9 Å². The van der Waals surface area contributed by atoms with Crippen molar-refractivity contribution in [1.29, 1.82) is 0 Å². The van der Waals surface area contributed by atoms with Crippen LogP contribution >= 0.6 is 0 Å². The molecule has 0 saturated carbocycles. The summed E-state index contributed by atoms with van der Waals surface area (Å²) < 4.78 is 44.7. The molecular formula is C31H34F3NO4. The van der Waals surface area contributed by atoms with Gasteiger partial charge in [0.25, 0.3) is 5.91 Å². The summed E-state index contributed by atoms with van der Waals surface area (Å²) in [4.78, 5) is 22.6. The number of carbonyl (C=O) groups is 2. The predicted octanol–water partition coefficient (Wildman–Crippen LogP) is 7.23. The third-order valence-corrected chi connectivity index (χ3v) is 6.65. The number of hydrogen-bond acceptors (Lipinski definition) is 3. The van der Waals surface area contributed by atoms with Crippen LogP contribution in [0.3, 0.4) is 0 Å². The second kappa shape index (κ2) is 13.3. The molecule has 3 aromatic rings. The van der Waals surface area contributed by atoms with Gasteiger partial charge in [0, 0.05) is 12.1 Å². The Labute approximate surface area is 227 Å². The van der Waals surface area contributed by atoms with Crippen molar-refractivity contribution in [3.8, 4) is 16.9 Å². The number of ether oxygens (including phenoxy) is 1. The summed E-state index contributed by atoms with van der Waals surface area (Å²) in [5.74, 6) is -0.0844. The van der Waals surface area contributed by atoms with Gasteiger partial charge in [0.05, 0.1) is 18.6 Å². The maximum atomic E-state index is 12.9. The fraction of sp³-hybridized carbons (Fsp3) is 0.355. The highest BCUT2D eigenvalue weighted by Crippen LogP contribution is 2.34. The first-order valence-electron chi connectivity index (χ1n) is 12.9. The molecule has 0 radical (unpaired) electrons. The molecule has 8 heteroatoms. The maximum Gasteiger partial charge on any atom is 0.416 e. The topological polar surface area (TPSA) is 75.6 Å². The Hall–Kier alpha value is -3.81. The monoisotopic (exact) mass is 541 g/mol. The van der Waals surface area contributed by atoms with Gasteiger partial charge in [-0.2, -0.15) is 13.2 Å². The number of halogens is 3. The molecule has 0 aliphatic carbocycles. The van der Waals surface area contributed by atoms with Crippen molar-refractivity contribution in [2.75, 3.05) is 13.2 Å². The van der Waals surface area contributed by atoms with Crippen LogP contribution in [0.2, 0.25) is 0 Å². The minimum absolute atomic E-state index is 0.0952. The van der Waals surface area contributed by atoms with E-state index >= 15 is 0 Å². The first kappa shape index (κ1) is 29.7. The van der Waals surface area contributed by atoms with Gasteiger partial charge in [0.1, 0.15) is 5.75 Å². The minimum atomic E-state index is -4.36. The zero-order valence-corrected chi connectivity index (χ0v) is 22.4. The highest BCUT2D eigenvalue weighted by atomic mass is 19.4. The van der Waals surface area contributed by atoms with Gasteiger partial charge in [0.2, 0.25) is 0 Å². The van der Waals surface area contributed by atoms with Gasteiger partial charge in [0.15, 0.2) is 0 Å². The van der Waals surface area contributed by atoms with E-state index < -0.39 is 17.7 Å². The van der Waals surface area contributed by atoms with Crippen molar-refractivity contribution < 1.29 is 32.6 Å². The molecule has 3 aromatic carbocycles. The number of amides is 1. The molecule has 0 bridgehead atoms. The summed E-state index contributed by atoms with van der Waals surface area (Å²) in [5.41, 5.74) is 4.49. The van der Waals surface area contributed by atoms with E-state index in [4.69, 9.17) is 9.84 Å². The maximum absolute atomic E-state index is 12.9.